The molecule has 1 saturated carbocycles. The number of rotatable bonds is 11. The van der Waals surface area contributed by atoms with Crippen molar-refractivity contribution in [1.82, 2.24) is 19.9 Å². The minimum atomic E-state index is -4.33. The van der Waals surface area contributed by atoms with Gasteiger partial charge in [0.15, 0.2) is 11.6 Å². The monoisotopic (exact) mass is 580 g/mol. The molecule has 0 radical (unpaired) electrons. The predicted octanol–water partition coefficient (Wildman–Crippen LogP) is 4.96. The summed E-state index contributed by atoms with van der Waals surface area (Å²) >= 11 is 0. The summed E-state index contributed by atoms with van der Waals surface area (Å²) in [6, 6.07) is 1.23. The second-order valence-corrected chi connectivity index (χ2v) is 12.2. The number of pyridine rings is 1. The van der Waals surface area contributed by atoms with Crippen LogP contribution >= 0.6 is 0 Å². The zero-order valence-corrected chi connectivity index (χ0v) is 22.8. The maximum atomic E-state index is 13.2. The van der Waals surface area contributed by atoms with E-state index in [0.29, 0.717) is 55.7 Å². The molecular weight excluding hydrogens is 547 g/mol. The highest BCUT2D eigenvalue weighted by atomic mass is 32.2. The van der Waals surface area contributed by atoms with E-state index in [9.17, 15) is 35.2 Å². The van der Waals surface area contributed by atoms with Crippen molar-refractivity contribution in [3.05, 3.63) is 35.0 Å². The fourth-order valence-electron chi connectivity index (χ4n) is 4.84. The van der Waals surface area contributed by atoms with Gasteiger partial charge in [0.25, 0.3) is 5.91 Å². The van der Waals surface area contributed by atoms with Crippen LogP contribution in [-0.4, -0.2) is 59.7 Å². The number of hydrogen-bond donors (Lipinski definition) is 1. The minimum absolute atomic E-state index is 0.0321. The van der Waals surface area contributed by atoms with E-state index in [4.69, 9.17) is 0 Å². The Labute approximate surface area is 224 Å². The third kappa shape index (κ3) is 8.36. The van der Waals surface area contributed by atoms with E-state index in [1.165, 1.54) is 23.1 Å². The number of amides is 1. The maximum Gasteiger partial charge on any atom is 0.389 e. The summed E-state index contributed by atoms with van der Waals surface area (Å²) in [6.45, 7) is 0.488. The molecule has 39 heavy (non-hydrogen) atoms. The Morgan fingerprint density at radius 2 is 1.90 bits per heavy atom. The average molecular weight is 581 g/mol. The van der Waals surface area contributed by atoms with E-state index in [2.05, 4.69) is 20.0 Å². The number of halogens is 5. The molecule has 0 aliphatic heterocycles. The van der Waals surface area contributed by atoms with Gasteiger partial charge in [-0.1, -0.05) is 6.92 Å². The van der Waals surface area contributed by atoms with E-state index in [-0.39, 0.29) is 41.3 Å². The van der Waals surface area contributed by atoms with E-state index >= 15 is 0 Å². The van der Waals surface area contributed by atoms with Crippen LogP contribution in [0.4, 0.5) is 22.0 Å². The van der Waals surface area contributed by atoms with Gasteiger partial charge in [-0.3, -0.25) is 9.36 Å². The molecule has 1 N–H and O–H groups in total. The molecule has 1 fully saturated rings. The number of nitrogens with zero attached hydrogens (tertiary/aromatic N) is 3. The number of aromatic nitrogens is 3. The third-order valence-corrected chi connectivity index (χ3v) is 8.58. The second-order valence-electron chi connectivity index (χ2n) is 9.85. The molecule has 1 aliphatic rings. The number of nitrogens with one attached hydrogen (secondary N) is 1. The van der Waals surface area contributed by atoms with E-state index in [1.54, 1.807) is 13.8 Å². The molecule has 14 heteroatoms. The van der Waals surface area contributed by atoms with Gasteiger partial charge in [0.05, 0.1) is 10.9 Å². The molecule has 2 heterocycles. The maximum absolute atomic E-state index is 13.2. The summed E-state index contributed by atoms with van der Waals surface area (Å²) in [6.07, 6.45) is -0.336. The number of alkyl halides is 5. The quantitative estimate of drug-likeness (QED) is 0.377. The number of carbonyl (C=O) groups is 1. The van der Waals surface area contributed by atoms with Crippen LogP contribution in [0.15, 0.2) is 12.3 Å². The molecule has 2 aromatic heterocycles. The topological polar surface area (TPSA) is 103 Å². The number of aryl methyl sites for hydroxylation is 2. The van der Waals surface area contributed by atoms with Crippen molar-refractivity contribution >= 4 is 15.7 Å². The summed E-state index contributed by atoms with van der Waals surface area (Å²) in [7, 11) is -3.09. The first-order valence-corrected chi connectivity index (χ1v) is 14.7. The van der Waals surface area contributed by atoms with Gasteiger partial charge in [-0.2, -0.15) is 22.0 Å². The highest BCUT2D eigenvalue weighted by Crippen LogP contribution is 2.30. The SMILES string of the molecule is CCc1nc(C(=O)NC[C@H]2CC[C@H](S(C)(=O)=O)CC2)c(C)n1-c1ncc(CCCC(F)(F)F)cc1OC(F)F. The molecule has 8 nitrogen and oxygen atoms in total. The van der Waals surface area contributed by atoms with Gasteiger partial charge >= 0.3 is 12.8 Å². The van der Waals surface area contributed by atoms with Crippen molar-refractivity contribution in [2.45, 2.75) is 83.3 Å². The smallest absolute Gasteiger partial charge is 0.389 e. The number of hydrogen-bond acceptors (Lipinski definition) is 6. The number of imidazole rings is 1. The second kappa shape index (κ2) is 12.6. The lowest BCUT2D eigenvalue weighted by molar-refractivity contribution is -0.135. The fourth-order valence-corrected chi connectivity index (χ4v) is 5.96. The van der Waals surface area contributed by atoms with Crippen LogP contribution in [-0.2, 0) is 22.7 Å². The van der Waals surface area contributed by atoms with E-state index in [1.807, 2.05) is 0 Å². The molecule has 3 rings (SSSR count). The third-order valence-electron chi connectivity index (χ3n) is 6.90. The summed E-state index contributed by atoms with van der Waals surface area (Å²) < 4.78 is 93.6. The van der Waals surface area contributed by atoms with Crippen molar-refractivity contribution in [3.63, 3.8) is 0 Å². The van der Waals surface area contributed by atoms with Crippen molar-refractivity contribution in [2.24, 2.45) is 5.92 Å². The zero-order chi connectivity index (χ0) is 29.0. The lowest BCUT2D eigenvalue weighted by Gasteiger charge is -2.27. The highest BCUT2D eigenvalue weighted by Gasteiger charge is 2.29. The Morgan fingerprint density at radius 3 is 2.46 bits per heavy atom. The Morgan fingerprint density at radius 1 is 1.23 bits per heavy atom. The summed E-state index contributed by atoms with van der Waals surface area (Å²) in [5.74, 6) is -0.360. The molecule has 1 amide bonds. The van der Waals surface area contributed by atoms with Gasteiger partial charge in [0.1, 0.15) is 21.4 Å². The van der Waals surface area contributed by atoms with Crippen molar-refractivity contribution < 1.29 is 39.9 Å². The normalized spacial score (nSPS) is 18.4. The molecule has 0 spiro atoms. The fraction of sp³-hybridized carbons (Fsp3) is 0.640. The van der Waals surface area contributed by atoms with Crippen LogP contribution in [0.2, 0.25) is 0 Å². The molecule has 0 bridgehead atoms. The van der Waals surface area contributed by atoms with Gasteiger partial charge in [-0.25, -0.2) is 18.4 Å². The largest absolute Gasteiger partial charge is 0.431 e. The lowest BCUT2D eigenvalue weighted by Crippen LogP contribution is -2.34. The Kier molecular flexibility index (Phi) is 9.94. The van der Waals surface area contributed by atoms with E-state index < -0.39 is 35.0 Å². The van der Waals surface area contributed by atoms with E-state index in [0.717, 1.165) is 0 Å². The van der Waals surface area contributed by atoms with Crippen LogP contribution in [0.5, 0.6) is 5.75 Å². The Bertz CT molecular complexity index is 1260. The Hall–Kier alpha value is -2.77. The highest BCUT2D eigenvalue weighted by molar-refractivity contribution is 7.91. The van der Waals surface area contributed by atoms with Crippen LogP contribution in [0.1, 0.15) is 73.0 Å². The molecular formula is C25H33F5N4O4S. The van der Waals surface area contributed by atoms with Crippen LogP contribution < -0.4 is 10.1 Å². The molecule has 218 valence electrons. The first-order valence-electron chi connectivity index (χ1n) is 12.8. The number of carbonyl (C=O) groups excluding carboxylic acids is 1. The lowest BCUT2D eigenvalue weighted by atomic mass is 9.89. The Balaban J connectivity index is 1.79. The van der Waals surface area contributed by atoms with Crippen LogP contribution in [0, 0.1) is 12.8 Å². The molecule has 0 saturated heterocycles. The van der Waals surface area contributed by atoms with Crippen molar-refractivity contribution in [1.29, 1.82) is 0 Å². The van der Waals surface area contributed by atoms with Gasteiger partial charge < -0.3 is 10.1 Å². The standard InChI is InChI=1S/C25H33F5N4O4S/c1-4-20-33-21(23(35)32-13-16-7-9-18(10-8-16)39(3,36)37)15(2)34(20)22-19(38-24(26)27)12-17(14-31-22)6-5-11-25(28,29)30/h12,14,16,18,24H,4-11,13H2,1-3H3,(H,32,35)/t16-,18-. The van der Waals surface area contributed by atoms with Gasteiger partial charge in [0, 0.05) is 31.8 Å². The minimum Gasteiger partial charge on any atom is -0.431 e. The molecule has 0 unspecified atom stereocenters. The zero-order valence-electron chi connectivity index (χ0n) is 22.0. The van der Waals surface area contributed by atoms with Crippen LogP contribution in [0.3, 0.4) is 0 Å². The van der Waals surface area contributed by atoms with Crippen LogP contribution in [0.25, 0.3) is 5.82 Å². The molecule has 0 atom stereocenters. The average Bonchev–Trinajstić information content (AvgIpc) is 3.17. The van der Waals surface area contributed by atoms with Gasteiger partial charge in [-0.15, -0.1) is 0 Å². The molecule has 2 aromatic rings. The number of ether oxygens (including phenoxy) is 1. The first kappa shape index (κ1) is 30.8. The van der Waals surface area contributed by atoms with Crippen molar-refractivity contribution in [3.8, 4) is 11.6 Å². The summed E-state index contributed by atoms with van der Waals surface area (Å²) in [4.78, 5) is 21.6. The molecule has 1 aliphatic carbocycles. The number of sulfone groups is 1. The van der Waals surface area contributed by atoms with Crippen molar-refractivity contribution in [2.75, 3.05) is 12.8 Å². The predicted molar refractivity (Wildman–Crippen MR) is 134 cm³/mol. The first-order chi connectivity index (χ1) is 18.2. The summed E-state index contributed by atoms with van der Waals surface area (Å²) in [5, 5.41) is 2.48. The van der Waals surface area contributed by atoms with Gasteiger partial charge in [-0.05, 0) is 63.0 Å². The summed E-state index contributed by atoms with van der Waals surface area (Å²) in [5.41, 5.74) is 0.718. The molecule has 0 aromatic carbocycles. The van der Waals surface area contributed by atoms with Gasteiger partial charge in [0.2, 0.25) is 0 Å².